The number of carbonyl (C=O) groups is 8. The molecule has 1 aromatic carbocycles. The first-order chi connectivity index (χ1) is 23.9. The maximum atomic E-state index is 13.9. The maximum Gasteiger partial charge on any atom is 0.352 e. The summed E-state index contributed by atoms with van der Waals surface area (Å²) in [4.78, 5) is 106. The lowest BCUT2D eigenvalue weighted by Crippen LogP contribution is -2.85. The van der Waals surface area contributed by atoms with Crippen molar-refractivity contribution in [3.8, 4) is 0 Å². The Morgan fingerprint density at radius 2 is 1.78 bits per heavy atom. The van der Waals surface area contributed by atoms with Gasteiger partial charge in [0.25, 0.3) is 5.91 Å². The zero-order valence-electron chi connectivity index (χ0n) is 27.0. The van der Waals surface area contributed by atoms with Gasteiger partial charge in [-0.1, -0.05) is 30.3 Å². The van der Waals surface area contributed by atoms with E-state index in [1.54, 1.807) is 54.2 Å². The van der Waals surface area contributed by atoms with E-state index in [9.17, 15) is 43.5 Å². The average molecular weight is 725 g/mol. The third-order valence-corrected chi connectivity index (χ3v) is 10.7. The summed E-state index contributed by atoms with van der Waals surface area (Å²) in [6, 6.07) is 9.01. The van der Waals surface area contributed by atoms with Crippen molar-refractivity contribution in [2.75, 3.05) is 31.1 Å². The van der Waals surface area contributed by atoms with Crippen LogP contribution in [0.3, 0.4) is 0 Å². The molecule has 50 heavy (non-hydrogen) atoms. The zero-order chi connectivity index (χ0) is 36.2. The molecule has 3 aliphatic heterocycles. The Labute approximate surface area is 294 Å². The van der Waals surface area contributed by atoms with Crippen LogP contribution in [0.1, 0.15) is 25.5 Å². The zero-order valence-corrected chi connectivity index (χ0v) is 28.6. The molecule has 18 heteroatoms. The first kappa shape index (κ1) is 36.1. The highest BCUT2D eigenvalue weighted by Crippen LogP contribution is 2.46. The molecule has 5 rings (SSSR count). The number of thioether (sulfide) groups is 2. The van der Waals surface area contributed by atoms with Crippen LogP contribution in [0, 0.1) is 0 Å². The molecule has 7 amide bonds. The minimum Gasteiger partial charge on any atom is -0.477 e. The molecule has 1 aromatic heterocycles. The molecule has 3 atom stereocenters. The van der Waals surface area contributed by atoms with Crippen molar-refractivity contribution in [3.05, 3.63) is 71.7 Å². The highest BCUT2D eigenvalue weighted by Gasteiger charge is 2.66. The first-order valence-electron chi connectivity index (χ1n) is 15.4. The fraction of sp³-hybridized carbons (Fsp3) is 0.344. The molecule has 2 fully saturated rings. The van der Waals surface area contributed by atoms with E-state index >= 15 is 0 Å². The third-order valence-electron chi connectivity index (χ3n) is 8.24. The lowest BCUT2D eigenvalue weighted by Gasteiger charge is -2.56. The molecule has 4 heterocycles. The van der Waals surface area contributed by atoms with Gasteiger partial charge >= 0.3 is 23.8 Å². The SMILES string of the molecule is CCN1CCN(C(=O)NC(C(=O)N[C@]2(NC=O)C(=O)N3C(C(=O)O)=C(CSc4cc[n+](CC(C)=O)cc4)CS[C@@H]32)c2ccccc2)C(=O)C1=O. The van der Waals surface area contributed by atoms with Crippen LogP contribution in [0.4, 0.5) is 4.79 Å². The topological polar surface area (TPSA) is 206 Å². The number of imide groups is 1. The van der Waals surface area contributed by atoms with Crippen LogP contribution < -0.4 is 20.5 Å². The van der Waals surface area contributed by atoms with E-state index in [0.717, 1.165) is 21.6 Å². The summed E-state index contributed by atoms with van der Waals surface area (Å²) in [5, 5.41) is 16.5. The van der Waals surface area contributed by atoms with Gasteiger partial charge in [0, 0.05) is 55.1 Å². The van der Waals surface area contributed by atoms with Gasteiger partial charge < -0.3 is 26.0 Å². The van der Waals surface area contributed by atoms with E-state index in [1.807, 2.05) is 0 Å². The fourth-order valence-corrected chi connectivity index (χ4v) is 8.21. The van der Waals surface area contributed by atoms with Crippen LogP contribution in [-0.2, 0) is 40.1 Å². The predicted octanol–water partition coefficient (Wildman–Crippen LogP) is -0.391. The van der Waals surface area contributed by atoms with Gasteiger partial charge in [-0.05, 0) is 18.1 Å². The number of pyridine rings is 1. The van der Waals surface area contributed by atoms with Crippen LogP contribution in [0.5, 0.6) is 0 Å². The summed E-state index contributed by atoms with van der Waals surface area (Å²) >= 11 is 2.48. The lowest BCUT2D eigenvalue weighted by molar-refractivity contribution is -0.684. The van der Waals surface area contributed by atoms with E-state index in [0.29, 0.717) is 10.5 Å². The number of fused-ring (bicyclic) bond motifs is 1. The number of urea groups is 1. The Hall–Kier alpha value is -5.23. The van der Waals surface area contributed by atoms with E-state index in [-0.39, 0.29) is 61.1 Å². The standard InChI is InChI=1S/C32H33N7O9S2/c1-3-37-13-14-38(27(44)26(37)43)31(48)34-23(20-7-5-4-6-8-20)25(42)35-32(33-18-40)29(47)39-24(28(45)46)21(17-50-30(32)39)16-49-22-9-11-36(12-10-22)15-19(2)41/h4-12,18,23,30H,3,13-17H2,1-2H3,(H3-,33,34,35,40,42,45,46,48)/p+1/t23?,30-,32-/m1/s1. The van der Waals surface area contributed by atoms with Gasteiger partial charge in [-0.3, -0.25) is 38.6 Å². The van der Waals surface area contributed by atoms with Gasteiger partial charge in [-0.2, -0.15) is 4.57 Å². The van der Waals surface area contributed by atoms with Crippen molar-refractivity contribution in [3.63, 3.8) is 0 Å². The predicted molar refractivity (Wildman–Crippen MR) is 178 cm³/mol. The van der Waals surface area contributed by atoms with Gasteiger partial charge in [0.1, 0.15) is 17.1 Å². The van der Waals surface area contributed by atoms with Crippen LogP contribution in [-0.4, -0.2) is 110 Å². The number of hydrogen-bond donors (Lipinski definition) is 4. The molecule has 0 radical (unpaired) electrons. The molecule has 1 unspecified atom stereocenters. The van der Waals surface area contributed by atoms with Crippen molar-refractivity contribution in [1.82, 2.24) is 30.7 Å². The van der Waals surface area contributed by atoms with Crippen molar-refractivity contribution in [2.24, 2.45) is 0 Å². The van der Waals surface area contributed by atoms with Crippen molar-refractivity contribution >= 4 is 71.3 Å². The molecule has 2 aromatic rings. The molecule has 0 spiro atoms. The van der Waals surface area contributed by atoms with Crippen molar-refractivity contribution in [1.29, 1.82) is 0 Å². The molecule has 3 aliphatic rings. The number of β-lactam (4-membered cyclic amide) rings is 1. The van der Waals surface area contributed by atoms with Gasteiger partial charge in [0.15, 0.2) is 18.2 Å². The number of rotatable bonds is 13. The highest BCUT2D eigenvalue weighted by molar-refractivity contribution is 8.01. The molecule has 0 bridgehead atoms. The number of aromatic nitrogens is 1. The van der Waals surface area contributed by atoms with E-state index < -0.39 is 52.7 Å². The molecular weight excluding hydrogens is 691 g/mol. The van der Waals surface area contributed by atoms with Crippen LogP contribution >= 0.6 is 23.5 Å². The Balaban J connectivity index is 1.36. The first-order valence-corrected chi connectivity index (χ1v) is 17.5. The molecule has 16 nitrogen and oxygen atoms in total. The third kappa shape index (κ3) is 7.07. The van der Waals surface area contributed by atoms with E-state index in [4.69, 9.17) is 0 Å². The second-order valence-corrected chi connectivity index (χ2v) is 13.6. The largest absolute Gasteiger partial charge is 0.477 e. The highest BCUT2D eigenvalue weighted by atomic mass is 32.2. The number of aliphatic carboxylic acids is 1. The smallest absolute Gasteiger partial charge is 0.352 e. The number of nitrogens with one attached hydrogen (secondary N) is 3. The summed E-state index contributed by atoms with van der Waals surface area (Å²) in [5.41, 5.74) is -1.62. The Morgan fingerprint density at radius 1 is 1.08 bits per heavy atom. The number of amides is 7. The monoisotopic (exact) mass is 724 g/mol. The van der Waals surface area contributed by atoms with E-state index in [2.05, 4.69) is 16.0 Å². The molecule has 4 N–H and O–H groups in total. The molecule has 0 aliphatic carbocycles. The van der Waals surface area contributed by atoms with Crippen molar-refractivity contribution in [2.45, 2.75) is 42.4 Å². The summed E-state index contributed by atoms with van der Waals surface area (Å²) in [5.74, 6) is -4.77. The molecule has 2 saturated heterocycles. The number of piperazine rings is 1. The minimum absolute atomic E-state index is 0.00781. The van der Waals surface area contributed by atoms with Gasteiger partial charge in [-0.25, -0.2) is 9.59 Å². The fourth-order valence-electron chi connectivity index (χ4n) is 5.76. The summed E-state index contributed by atoms with van der Waals surface area (Å²) in [6.07, 6.45) is 3.68. The number of carboxylic acid groups (broad SMARTS) is 1. The van der Waals surface area contributed by atoms with E-state index in [1.165, 1.54) is 35.7 Å². The minimum atomic E-state index is -2.07. The second kappa shape index (κ2) is 15.1. The normalized spacial score (nSPS) is 20.8. The quantitative estimate of drug-likeness (QED) is 0.0523. The number of benzene rings is 1. The number of carboxylic acids is 1. The number of carbonyl (C=O) groups excluding carboxylic acids is 7. The van der Waals surface area contributed by atoms with Gasteiger partial charge in [0.05, 0.1) is 0 Å². The number of hydrogen-bond acceptors (Lipinski definition) is 10. The van der Waals surface area contributed by atoms with Gasteiger partial charge in [0.2, 0.25) is 24.5 Å². The van der Waals surface area contributed by atoms with Crippen molar-refractivity contribution < 1.29 is 48.0 Å². The summed E-state index contributed by atoms with van der Waals surface area (Å²) < 4.78 is 1.71. The molecule has 0 saturated carbocycles. The summed E-state index contributed by atoms with van der Waals surface area (Å²) in [7, 11) is 0. The number of likely N-dealkylation sites (N-methyl/N-ethyl adjacent to an activating group) is 1. The number of nitrogens with zero attached hydrogens (tertiary/aromatic N) is 4. The Kier molecular flexibility index (Phi) is 10.9. The second-order valence-electron chi connectivity index (χ2n) is 11.5. The molecular formula is C32H34N7O9S2+. The van der Waals surface area contributed by atoms with Gasteiger partial charge in [-0.15, -0.1) is 23.5 Å². The Bertz CT molecular complexity index is 1770. The van der Waals surface area contributed by atoms with Crippen LogP contribution in [0.15, 0.2) is 71.0 Å². The number of Topliss-reactive ketones (excluding diaryl/α,β-unsaturated/α-hetero) is 1. The Morgan fingerprint density at radius 3 is 2.40 bits per heavy atom. The molecule has 262 valence electrons. The van der Waals surface area contributed by atoms with Crippen LogP contribution in [0.25, 0.3) is 0 Å². The number of ketones is 1. The lowest BCUT2D eigenvalue weighted by atomic mass is 9.94. The summed E-state index contributed by atoms with van der Waals surface area (Å²) in [6.45, 7) is 3.68. The maximum absolute atomic E-state index is 13.9. The van der Waals surface area contributed by atoms with Crippen LogP contribution in [0.2, 0.25) is 0 Å². The average Bonchev–Trinajstić information content (AvgIpc) is 3.10.